The second-order valence-electron chi connectivity index (χ2n) is 7.92. The number of amides is 1. The molecule has 2 aliphatic carbocycles. The van der Waals surface area contributed by atoms with Crippen LogP contribution in [0.1, 0.15) is 43.5 Å². The van der Waals surface area contributed by atoms with Crippen LogP contribution in [0.3, 0.4) is 0 Å². The van der Waals surface area contributed by atoms with Crippen molar-refractivity contribution in [1.82, 2.24) is 4.31 Å². The smallest absolute Gasteiger partial charge is 0.283 e. The van der Waals surface area contributed by atoms with Gasteiger partial charge in [0.1, 0.15) is 0 Å². The molecule has 3 fully saturated rings. The molecule has 3 aliphatic rings. The number of fused-ring (bicyclic) bond motifs is 1. The molecule has 0 N–H and O–H groups in total. The van der Waals surface area contributed by atoms with E-state index in [1.165, 1.54) is 0 Å². The van der Waals surface area contributed by atoms with Gasteiger partial charge < -0.3 is 0 Å². The van der Waals surface area contributed by atoms with Gasteiger partial charge in [-0.1, -0.05) is 44.2 Å². The summed E-state index contributed by atoms with van der Waals surface area (Å²) in [6.07, 6.45) is 2.51. The van der Waals surface area contributed by atoms with Gasteiger partial charge in [0.15, 0.2) is 0 Å². The molecule has 1 spiro atoms. The third-order valence-corrected chi connectivity index (χ3v) is 8.74. The molecular formula is C18H21NO4S. The lowest BCUT2D eigenvalue weighted by Gasteiger charge is -2.36. The van der Waals surface area contributed by atoms with E-state index in [1.54, 1.807) is 30.3 Å². The molecule has 5 nitrogen and oxygen atoms in total. The number of rotatable bonds is 2. The molecule has 1 saturated heterocycles. The van der Waals surface area contributed by atoms with Crippen LogP contribution < -0.4 is 0 Å². The highest BCUT2D eigenvalue weighted by molar-refractivity contribution is 7.90. The molecule has 6 heteroatoms. The van der Waals surface area contributed by atoms with Crippen LogP contribution >= 0.6 is 0 Å². The third kappa shape index (κ3) is 1.78. The molecular weight excluding hydrogens is 326 g/mol. The average Bonchev–Trinajstić information content (AvgIpc) is 3.01. The van der Waals surface area contributed by atoms with Crippen LogP contribution in [-0.2, 0) is 14.8 Å². The fraction of sp³-hybridized carbons (Fsp3) is 0.556. The summed E-state index contributed by atoms with van der Waals surface area (Å²) in [6.45, 7) is 4.24. The van der Waals surface area contributed by atoms with Gasteiger partial charge in [-0.25, -0.2) is 12.7 Å². The standard InChI is InChI=1S/C18H21NO4S/c1-17(2)13-8-9-18(17)11-24(22,23)19(14(18)10-13)16(21)15(20)12-6-4-3-5-7-12/h3-7,13-14H,8-11H2,1-2H3/t13-,14-,18-/m0/s1. The molecule has 0 radical (unpaired) electrons. The first-order chi connectivity index (χ1) is 11.2. The summed E-state index contributed by atoms with van der Waals surface area (Å²) >= 11 is 0. The summed E-state index contributed by atoms with van der Waals surface area (Å²) < 4.78 is 26.5. The number of ketones is 1. The van der Waals surface area contributed by atoms with Crippen molar-refractivity contribution < 1.29 is 18.0 Å². The van der Waals surface area contributed by atoms with Crippen LogP contribution in [0.15, 0.2) is 30.3 Å². The van der Waals surface area contributed by atoms with Crippen LogP contribution in [0, 0.1) is 16.7 Å². The minimum Gasteiger partial charge on any atom is -0.283 e. The lowest BCUT2D eigenvalue weighted by atomic mass is 9.69. The first-order valence-electron chi connectivity index (χ1n) is 8.36. The van der Waals surface area contributed by atoms with Crippen LogP contribution in [0.2, 0.25) is 0 Å². The molecule has 4 rings (SSSR count). The van der Waals surface area contributed by atoms with Crippen LogP contribution in [0.4, 0.5) is 0 Å². The summed E-state index contributed by atoms with van der Waals surface area (Å²) in [5, 5.41) is 0. The minimum atomic E-state index is -3.75. The van der Waals surface area contributed by atoms with Crippen molar-refractivity contribution in [3.05, 3.63) is 35.9 Å². The van der Waals surface area contributed by atoms with E-state index >= 15 is 0 Å². The van der Waals surface area contributed by atoms with Gasteiger partial charge in [0, 0.05) is 11.0 Å². The summed E-state index contributed by atoms with van der Waals surface area (Å²) in [5.41, 5.74) is -0.278. The molecule has 1 heterocycles. The van der Waals surface area contributed by atoms with Gasteiger partial charge in [0.2, 0.25) is 10.0 Å². The lowest BCUT2D eigenvalue weighted by molar-refractivity contribution is -0.124. The van der Waals surface area contributed by atoms with Crippen molar-refractivity contribution >= 4 is 21.7 Å². The summed E-state index contributed by atoms with van der Waals surface area (Å²) in [6, 6.07) is 7.81. The van der Waals surface area contributed by atoms with E-state index in [2.05, 4.69) is 13.8 Å². The largest absolute Gasteiger partial charge is 0.308 e. The quantitative estimate of drug-likeness (QED) is 0.607. The van der Waals surface area contributed by atoms with Crippen molar-refractivity contribution in [2.45, 2.75) is 39.2 Å². The Labute approximate surface area is 142 Å². The highest BCUT2D eigenvalue weighted by Crippen LogP contribution is 2.69. The van der Waals surface area contributed by atoms with E-state index in [0.29, 0.717) is 12.3 Å². The number of sulfonamides is 1. The van der Waals surface area contributed by atoms with E-state index in [1.807, 2.05) is 0 Å². The van der Waals surface area contributed by atoms with Gasteiger partial charge in [-0.15, -0.1) is 0 Å². The van der Waals surface area contributed by atoms with E-state index in [0.717, 1.165) is 17.1 Å². The number of carbonyl (C=O) groups excluding carboxylic acids is 2. The Balaban J connectivity index is 1.74. The fourth-order valence-corrected chi connectivity index (χ4v) is 7.88. The Bertz CT molecular complexity index is 830. The zero-order chi connectivity index (χ0) is 17.3. The highest BCUT2D eigenvalue weighted by atomic mass is 32.2. The van der Waals surface area contributed by atoms with E-state index < -0.39 is 27.1 Å². The maximum Gasteiger partial charge on any atom is 0.308 e. The summed E-state index contributed by atoms with van der Waals surface area (Å²) in [5.74, 6) is -1.23. The van der Waals surface area contributed by atoms with Gasteiger partial charge in [-0.2, -0.15) is 0 Å². The van der Waals surface area contributed by atoms with E-state index in [4.69, 9.17) is 0 Å². The predicted octanol–water partition coefficient (Wildman–Crippen LogP) is 2.24. The molecule has 1 amide bonds. The second kappa shape index (κ2) is 4.69. The Kier molecular flexibility index (Phi) is 3.09. The Morgan fingerprint density at radius 2 is 1.83 bits per heavy atom. The first-order valence-corrected chi connectivity index (χ1v) is 9.97. The molecule has 0 aromatic heterocycles. The number of hydrogen-bond acceptors (Lipinski definition) is 4. The monoisotopic (exact) mass is 347 g/mol. The zero-order valence-electron chi connectivity index (χ0n) is 13.9. The van der Waals surface area contributed by atoms with Crippen molar-refractivity contribution in [3.63, 3.8) is 0 Å². The van der Waals surface area contributed by atoms with Gasteiger partial charge >= 0.3 is 5.91 Å². The number of nitrogens with zero attached hydrogens (tertiary/aromatic N) is 1. The molecule has 1 aromatic carbocycles. The number of Topliss-reactive ketones (excluding diaryl/α,β-unsaturated/α-hetero) is 1. The molecule has 128 valence electrons. The maximum atomic E-state index is 12.8. The molecule has 1 aliphatic heterocycles. The van der Waals surface area contributed by atoms with Gasteiger partial charge in [-0.05, 0) is 30.6 Å². The number of carbonyl (C=O) groups is 2. The third-order valence-electron chi connectivity index (χ3n) is 6.84. The van der Waals surface area contributed by atoms with Crippen LogP contribution in [-0.4, -0.2) is 36.2 Å². The van der Waals surface area contributed by atoms with Gasteiger partial charge in [0.25, 0.3) is 5.78 Å². The van der Waals surface area contributed by atoms with E-state index in [-0.39, 0.29) is 22.8 Å². The van der Waals surface area contributed by atoms with Crippen molar-refractivity contribution in [3.8, 4) is 0 Å². The van der Waals surface area contributed by atoms with Crippen molar-refractivity contribution in [2.24, 2.45) is 16.7 Å². The Hall–Kier alpha value is -1.69. The van der Waals surface area contributed by atoms with Gasteiger partial charge in [0.05, 0.1) is 11.8 Å². The lowest BCUT2D eigenvalue weighted by Crippen LogP contribution is -2.46. The van der Waals surface area contributed by atoms with Crippen molar-refractivity contribution in [2.75, 3.05) is 5.75 Å². The predicted molar refractivity (Wildman–Crippen MR) is 88.7 cm³/mol. The van der Waals surface area contributed by atoms with E-state index in [9.17, 15) is 18.0 Å². The van der Waals surface area contributed by atoms with Crippen LogP contribution in [0.25, 0.3) is 0 Å². The topological polar surface area (TPSA) is 71.5 Å². The Morgan fingerprint density at radius 1 is 1.17 bits per heavy atom. The molecule has 1 aromatic rings. The average molecular weight is 347 g/mol. The SMILES string of the molecule is CC1(C)[C@H]2CC[C@@]13CS(=O)(=O)N(C(=O)C(=O)c1ccccc1)[C@H]3C2. The molecule has 0 unspecified atom stereocenters. The number of benzene rings is 1. The minimum absolute atomic E-state index is 0.0119. The molecule has 3 atom stereocenters. The first kappa shape index (κ1) is 15.8. The Morgan fingerprint density at radius 3 is 2.46 bits per heavy atom. The number of hydrogen-bond donors (Lipinski definition) is 0. The molecule has 2 saturated carbocycles. The summed E-state index contributed by atoms with van der Waals surface area (Å²) in [4.78, 5) is 25.3. The molecule has 2 bridgehead atoms. The van der Waals surface area contributed by atoms with Gasteiger partial charge in [-0.3, -0.25) is 9.59 Å². The normalized spacial score (nSPS) is 35.0. The fourth-order valence-electron chi connectivity index (χ4n) is 5.37. The second-order valence-corrected chi connectivity index (χ2v) is 9.76. The zero-order valence-corrected chi connectivity index (χ0v) is 14.7. The maximum absolute atomic E-state index is 12.8. The van der Waals surface area contributed by atoms with Crippen LogP contribution in [0.5, 0.6) is 0 Å². The molecule has 24 heavy (non-hydrogen) atoms. The highest BCUT2D eigenvalue weighted by Gasteiger charge is 2.72. The van der Waals surface area contributed by atoms with Crippen molar-refractivity contribution in [1.29, 1.82) is 0 Å². The summed E-state index contributed by atoms with van der Waals surface area (Å²) in [7, 11) is -3.75.